The Morgan fingerprint density at radius 1 is 1.54 bits per heavy atom. The van der Waals surface area contributed by atoms with E-state index in [-0.39, 0.29) is 35.1 Å². The molecule has 0 spiro atoms. The molecule has 13 heavy (non-hydrogen) atoms. The van der Waals surface area contributed by atoms with Crippen LogP contribution in [0.25, 0.3) is 0 Å². The first-order valence-corrected chi connectivity index (χ1v) is 3.06. The zero-order valence-corrected chi connectivity index (χ0v) is 9.16. The van der Waals surface area contributed by atoms with E-state index in [4.69, 9.17) is 0 Å². The molecule has 64 valence electrons. The summed E-state index contributed by atoms with van der Waals surface area (Å²) in [6.45, 7) is 1.39. The Morgan fingerprint density at radius 3 is 2.54 bits per heavy atom. The minimum Gasteiger partial charge on any atom is -0.529 e. The molecule has 0 saturated carbocycles. The van der Waals surface area contributed by atoms with Gasteiger partial charge in [-0.15, -0.1) is 0 Å². The Balaban J connectivity index is 0.00000144. The third kappa shape index (κ3) is 2.55. The van der Waals surface area contributed by atoms with E-state index in [1.165, 1.54) is 6.92 Å². The van der Waals surface area contributed by atoms with E-state index >= 15 is 0 Å². The molecule has 0 radical (unpaired) electrons. The van der Waals surface area contributed by atoms with E-state index in [1.54, 1.807) is 0 Å². The van der Waals surface area contributed by atoms with Crippen LogP contribution >= 0.6 is 0 Å². The van der Waals surface area contributed by atoms with Crippen LogP contribution in [-0.4, -0.2) is 15.6 Å². The van der Waals surface area contributed by atoms with Crippen LogP contribution in [0.3, 0.4) is 0 Å². The Labute approximate surface area is 94.5 Å². The average Bonchev–Trinajstić information content (AvgIpc) is 1.96. The molecule has 0 fully saturated rings. The summed E-state index contributed by atoms with van der Waals surface area (Å²) < 4.78 is 0.302. The van der Waals surface area contributed by atoms with Gasteiger partial charge in [0.1, 0.15) is 6.09 Å². The van der Waals surface area contributed by atoms with Crippen molar-refractivity contribution in [3.8, 4) is 0 Å². The maximum absolute atomic E-state index is 10.7. The molecule has 0 aliphatic heterocycles. The van der Waals surface area contributed by atoms with Gasteiger partial charge in [0.25, 0.3) is 5.56 Å². The molecule has 6 nitrogen and oxygen atoms in total. The molecule has 1 rings (SSSR count). The fraction of sp³-hybridized carbons (Fsp3) is 0.167. The van der Waals surface area contributed by atoms with Crippen LogP contribution < -0.4 is 45.9 Å². The standard InChI is InChI=1S/C6H6N2O4.Na/c1-3-2-8(6(11)12)5(10)7-4(3)9;/h2H,1H3,(H,11,12)(H,7,9,10);/q;+1/p-1. The molecule has 0 bridgehead atoms. The van der Waals surface area contributed by atoms with Gasteiger partial charge in [-0.25, -0.2) is 4.79 Å². The van der Waals surface area contributed by atoms with Crippen molar-refractivity contribution in [1.82, 2.24) is 9.55 Å². The topological polar surface area (TPSA) is 95.0 Å². The van der Waals surface area contributed by atoms with Gasteiger partial charge in [0.15, 0.2) is 0 Å². The van der Waals surface area contributed by atoms with Crippen molar-refractivity contribution in [3.63, 3.8) is 0 Å². The van der Waals surface area contributed by atoms with Gasteiger partial charge < -0.3 is 9.90 Å². The zero-order valence-electron chi connectivity index (χ0n) is 7.16. The zero-order chi connectivity index (χ0) is 9.30. The van der Waals surface area contributed by atoms with Crippen LogP contribution in [0.15, 0.2) is 15.8 Å². The van der Waals surface area contributed by atoms with E-state index in [0.717, 1.165) is 6.20 Å². The SMILES string of the molecule is Cc1cn(C(=O)[O-])c(=O)[nH]c1=O.[Na+]. The van der Waals surface area contributed by atoms with Gasteiger partial charge in [-0.2, -0.15) is 0 Å². The molecular weight excluding hydrogens is 187 g/mol. The molecular formula is C6H5N2NaO4. The number of hydrogen-bond acceptors (Lipinski definition) is 4. The molecule has 0 aliphatic carbocycles. The third-order valence-corrected chi connectivity index (χ3v) is 1.32. The van der Waals surface area contributed by atoms with Crippen LogP contribution in [0, 0.1) is 6.92 Å². The Bertz CT molecular complexity index is 433. The molecule has 0 saturated heterocycles. The summed E-state index contributed by atoms with van der Waals surface area (Å²) in [6.07, 6.45) is -0.754. The molecule has 7 heteroatoms. The molecule has 0 unspecified atom stereocenters. The fourth-order valence-electron chi connectivity index (χ4n) is 0.702. The third-order valence-electron chi connectivity index (χ3n) is 1.32. The molecule has 0 aliphatic rings. The number of carbonyl (C=O) groups excluding carboxylic acids is 1. The summed E-state index contributed by atoms with van der Waals surface area (Å²) in [4.78, 5) is 33.5. The van der Waals surface area contributed by atoms with E-state index < -0.39 is 17.3 Å². The first-order valence-electron chi connectivity index (χ1n) is 3.06. The van der Waals surface area contributed by atoms with Crippen LogP contribution in [0.1, 0.15) is 5.56 Å². The summed E-state index contributed by atoms with van der Waals surface area (Å²) in [5, 5.41) is 10.2. The molecule has 1 aromatic rings. The van der Waals surface area contributed by atoms with Crippen molar-refractivity contribution in [2.24, 2.45) is 0 Å². The van der Waals surface area contributed by atoms with Gasteiger partial charge in [0.2, 0.25) is 0 Å². The average molecular weight is 192 g/mol. The first kappa shape index (κ1) is 12.2. The number of carboxylic acid groups (broad SMARTS) is 1. The van der Waals surface area contributed by atoms with Crippen LogP contribution in [0.2, 0.25) is 0 Å². The van der Waals surface area contributed by atoms with Gasteiger partial charge >= 0.3 is 35.2 Å². The monoisotopic (exact) mass is 192 g/mol. The van der Waals surface area contributed by atoms with Crippen molar-refractivity contribution < 1.29 is 39.5 Å². The van der Waals surface area contributed by atoms with Gasteiger partial charge in [-0.3, -0.25) is 14.3 Å². The molecule has 1 heterocycles. The number of H-pyrrole nitrogens is 1. The van der Waals surface area contributed by atoms with E-state index in [9.17, 15) is 19.5 Å². The quantitative estimate of drug-likeness (QED) is 0.416. The number of nitrogens with zero attached hydrogens (tertiary/aromatic N) is 1. The van der Waals surface area contributed by atoms with Crippen molar-refractivity contribution in [2.75, 3.05) is 0 Å². The van der Waals surface area contributed by atoms with Crippen molar-refractivity contribution >= 4 is 6.09 Å². The van der Waals surface area contributed by atoms with E-state index in [0.29, 0.717) is 4.57 Å². The van der Waals surface area contributed by atoms with Crippen molar-refractivity contribution in [3.05, 3.63) is 32.6 Å². The Morgan fingerprint density at radius 2 is 2.08 bits per heavy atom. The predicted molar refractivity (Wildman–Crippen MR) is 36.9 cm³/mol. The minimum absolute atomic E-state index is 0. The van der Waals surface area contributed by atoms with Crippen molar-refractivity contribution in [2.45, 2.75) is 6.92 Å². The second-order valence-corrected chi connectivity index (χ2v) is 2.21. The van der Waals surface area contributed by atoms with Crippen molar-refractivity contribution in [1.29, 1.82) is 0 Å². The summed E-state index contributed by atoms with van der Waals surface area (Å²) in [6, 6.07) is 0. The normalized spacial score (nSPS) is 9.00. The Kier molecular flexibility index (Phi) is 4.12. The van der Waals surface area contributed by atoms with Gasteiger partial charge in [-0.1, -0.05) is 0 Å². The molecule has 0 aromatic carbocycles. The maximum Gasteiger partial charge on any atom is 1.00 e. The van der Waals surface area contributed by atoms with Crippen LogP contribution in [-0.2, 0) is 0 Å². The van der Waals surface area contributed by atoms with Crippen LogP contribution in [0.5, 0.6) is 0 Å². The summed E-state index contributed by atoms with van der Waals surface area (Å²) in [7, 11) is 0. The summed E-state index contributed by atoms with van der Waals surface area (Å²) >= 11 is 0. The van der Waals surface area contributed by atoms with E-state index in [1.807, 2.05) is 4.98 Å². The molecule has 1 N–H and O–H groups in total. The number of aromatic nitrogens is 2. The number of rotatable bonds is 0. The number of carbonyl (C=O) groups is 1. The van der Waals surface area contributed by atoms with Gasteiger partial charge in [0, 0.05) is 11.8 Å². The van der Waals surface area contributed by atoms with Gasteiger partial charge in [-0.05, 0) is 6.92 Å². The van der Waals surface area contributed by atoms with E-state index in [2.05, 4.69) is 0 Å². The first-order chi connectivity index (χ1) is 5.52. The minimum atomic E-state index is -1.67. The largest absolute Gasteiger partial charge is 1.00 e. The number of hydrogen-bond donors (Lipinski definition) is 1. The number of aryl methyl sites for hydroxylation is 1. The summed E-state index contributed by atoms with van der Waals surface area (Å²) in [5.74, 6) is 0. The molecule has 0 atom stereocenters. The molecule has 0 amide bonds. The van der Waals surface area contributed by atoms with Gasteiger partial charge in [0.05, 0.1) is 0 Å². The van der Waals surface area contributed by atoms with Crippen LogP contribution in [0.4, 0.5) is 4.79 Å². The predicted octanol–water partition coefficient (Wildman–Crippen LogP) is -4.96. The fourth-order valence-corrected chi connectivity index (χ4v) is 0.702. The number of aromatic amines is 1. The molecule has 1 aromatic heterocycles. The summed E-state index contributed by atoms with van der Waals surface area (Å²) in [5.41, 5.74) is -1.47. The maximum atomic E-state index is 10.7. The number of nitrogens with one attached hydrogen (secondary N) is 1. The Hall–Kier alpha value is -0.850. The smallest absolute Gasteiger partial charge is 0.529 e. The second kappa shape index (κ2) is 4.40. The second-order valence-electron chi connectivity index (χ2n) is 2.21.